The molecule has 2 N–H and O–H groups in total. The molecule has 1 fully saturated rings. The number of nitrogens with zero attached hydrogens (tertiary/aromatic N) is 1. The molecule has 0 bridgehead atoms. The van der Waals surface area contributed by atoms with E-state index in [0.717, 1.165) is 24.4 Å². The van der Waals surface area contributed by atoms with Crippen LogP contribution in [-0.2, 0) is 6.42 Å². The summed E-state index contributed by atoms with van der Waals surface area (Å²) in [5.74, 6) is 0. The Kier molecular flexibility index (Phi) is 2.15. The van der Waals surface area contributed by atoms with Gasteiger partial charge in [0.05, 0.1) is 0 Å². The van der Waals surface area contributed by atoms with Crippen LogP contribution < -0.4 is 10.6 Å². The standard InChI is InChI=1S/C12H15ClN2/c13-11-2-1-3-12-10(11)6-9-5-4-8(14)7-15(9)12/h1-3,8-9H,4-7,14H2. The van der Waals surface area contributed by atoms with E-state index in [1.807, 2.05) is 12.1 Å². The lowest BCUT2D eigenvalue weighted by Crippen LogP contribution is -2.47. The minimum absolute atomic E-state index is 0.325. The summed E-state index contributed by atoms with van der Waals surface area (Å²) in [5.41, 5.74) is 8.64. The quantitative estimate of drug-likeness (QED) is 0.729. The highest BCUT2D eigenvalue weighted by Crippen LogP contribution is 2.39. The zero-order chi connectivity index (χ0) is 10.4. The highest BCUT2D eigenvalue weighted by Gasteiger charge is 2.34. The van der Waals surface area contributed by atoms with Crippen molar-refractivity contribution in [1.29, 1.82) is 0 Å². The van der Waals surface area contributed by atoms with Crippen LogP contribution in [-0.4, -0.2) is 18.6 Å². The van der Waals surface area contributed by atoms with E-state index in [4.69, 9.17) is 17.3 Å². The first-order chi connectivity index (χ1) is 7.25. The van der Waals surface area contributed by atoms with E-state index in [9.17, 15) is 0 Å². The Balaban J connectivity index is 2.01. The van der Waals surface area contributed by atoms with E-state index in [2.05, 4.69) is 11.0 Å². The third-order valence-electron chi connectivity index (χ3n) is 3.59. The topological polar surface area (TPSA) is 29.3 Å². The zero-order valence-corrected chi connectivity index (χ0v) is 9.37. The number of benzene rings is 1. The Labute approximate surface area is 95.0 Å². The van der Waals surface area contributed by atoms with Gasteiger partial charge in [0.25, 0.3) is 0 Å². The summed E-state index contributed by atoms with van der Waals surface area (Å²) in [6.07, 6.45) is 3.45. The van der Waals surface area contributed by atoms with Gasteiger partial charge in [0.15, 0.2) is 0 Å². The molecule has 0 aromatic heterocycles. The number of rotatable bonds is 0. The van der Waals surface area contributed by atoms with Gasteiger partial charge in [0.1, 0.15) is 0 Å². The third kappa shape index (κ3) is 1.44. The number of fused-ring (bicyclic) bond motifs is 3. The first kappa shape index (κ1) is 9.49. The molecule has 0 aliphatic carbocycles. The number of hydrogen-bond donors (Lipinski definition) is 1. The van der Waals surface area contributed by atoms with Gasteiger partial charge < -0.3 is 10.6 Å². The molecular weight excluding hydrogens is 208 g/mol. The molecule has 1 saturated heterocycles. The van der Waals surface area contributed by atoms with Crippen molar-refractivity contribution in [1.82, 2.24) is 0 Å². The molecule has 2 heterocycles. The Morgan fingerprint density at radius 3 is 3.07 bits per heavy atom. The molecule has 2 aliphatic rings. The van der Waals surface area contributed by atoms with Crippen molar-refractivity contribution in [3.63, 3.8) is 0 Å². The van der Waals surface area contributed by atoms with Crippen molar-refractivity contribution in [3.8, 4) is 0 Å². The fourth-order valence-electron chi connectivity index (χ4n) is 2.82. The molecule has 2 aliphatic heterocycles. The van der Waals surface area contributed by atoms with Gasteiger partial charge in [-0.15, -0.1) is 0 Å². The van der Waals surface area contributed by atoms with E-state index in [0.29, 0.717) is 12.1 Å². The lowest BCUT2D eigenvalue weighted by Gasteiger charge is -2.35. The maximum absolute atomic E-state index is 6.21. The van der Waals surface area contributed by atoms with Crippen molar-refractivity contribution < 1.29 is 0 Å². The number of nitrogens with two attached hydrogens (primary N) is 1. The predicted octanol–water partition coefficient (Wildman–Crippen LogP) is 2.19. The maximum Gasteiger partial charge on any atom is 0.0459 e. The lowest BCUT2D eigenvalue weighted by molar-refractivity contribution is 0.433. The zero-order valence-electron chi connectivity index (χ0n) is 8.62. The fraction of sp³-hybridized carbons (Fsp3) is 0.500. The predicted molar refractivity (Wildman–Crippen MR) is 63.5 cm³/mol. The van der Waals surface area contributed by atoms with E-state index in [1.54, 1.807) is 0 Å². The molecule has 2 atom stereocenters. The monoisotopic (exact) mass is 222 g/mol. The minimum Gasteiger partial charge on any atom is -0.366 e. The molecule has 0 radical (unpaired) electrons. The average Bonchev–Trinajstić information content (AvgIpc) is 2.58. The molecule has 1 aromatic carbocycles. The van der Waals surface area contributed by atoms with Crippen molar-refractivity contribution in [2.24, 2.45) is 5.73 Å². The van der Waals surface area contributed by atoms with Crippen LogP contribution in [0.4, 0.5) is 5.69 Å². The molecule has 15 heavy (non-hydrogen) atoms. The van der Waals surface area contributed by atoms with E-state index < -0.39 is 0 Å². The van der Waals surface area contributed by atoms with Gasteiger partial charge in [0, 0.05) is 29.3 Å². The summed E-state index contributed by atoms with van der Waals surface area (Å²) in [6.45, 7) is 0.984. The van der Waals surface area contributed by atoms with Crippen LogP contribution in [0.25, 0.3) is 0 Å². The van der Waals surface area contributed by atoms with Crippen LogP contribution in [0.15, 0.2) is 18.2 Å². The average molecular weight is 223 g/mol. The largest absolute Gasteiger partial charge is 0.366 e. The summed E-state index contributed by atoms with van der Waals surface area (Å²) in [5, 5.41) is 0.912. The molecule has 1 aromatic rings. The first-order valence-electron chi connectivity index (χ1n) is 5.55. The SMILES string of the molecule is NC1CCC2Cc3c(Cl)cccc3N2C1. The van der Waals surface area contributed by atoms with E-state index in [1.165, 1.54) is 17.7 Å². The van der Waals surface area contributed by atoms with Crippen molar-refractivity contribution in [2.75, 3.05) is 11.4 Å². The Hall–Kier alpha value is -0.730. The van der Waals surface area contributed by atoms with Gasteiger partial charge in [-0.2, -0.15) is 0 Å². The minimum atomic E-state index is 0.325. The van der Waals surface area contributed by atoms with Gasteiger partial charge in [-0.25, -0.2) is 0 Å². The third-order valence-corrected chi connectivity index (χ3v) is 3.94. The van der Waals surface area contributed by atoms with Crippen LogP contribution >= 0.6 is 11.6 Å². The first-order valence-corrected chi connectivity index (χ1v) is 5.93. The second-order valence-electron chi connectivity index (χ2n) is 4.59. The number of piperidine rings is 1. The summed E-state index contributed by atoms with van der Waals surface area (Å²) in [6, 6.07) is 7.15. The molecule has 2 unspecified atom stereocenters. The smallest absolute Gasteiger partial charge is 0.0459 e. The maximum atomic E-state index is 6.21. The van der Waals surface area contributed by atoms with Crippen LogP contribution in [0.5, 0.6) is 0 Å². The van der Waals surface area contributed by atoms with Crippen LogP contribution in [0.2, 0.25) is 5.02 Å². The van der Waals surface area contributed by atoms with Crippen molar-refractivity contribution >= 4 is 17.3 Å². The molecule has 80 valence electrons. The van der Waals surface area contributed by atoms with Crippen molar-refractivity contribution in [3.05, 3.63) is 28.8 Å². The van der Waals surface area contributed by atoms with Crippen molar-refractivity contribution in [2.45, 2.75) is 31.3 Å². The van der Waals surface area contributed by atoms with Gasteiger partial charge in [-0.3, -0.25) is 0 Å². The van der Waals surface area contributed by atoms with Gasteiger partial charge >= 0.3 is 0 Å². The van der Waals surface area contributed by atoms with Gasteiger partial charge in [-0.05, 0) is 37.0 Å². The van der Waals surface area contributed by atoms with Crippen LogP contribution in [0.3, 0.4) is 0 Å². The highest BCUT2D eigenvalue weighted by atomic mass is 35.5. The molecule has 3 heteroatoms. The fourth-order valence-corrected chi connectivity index (χ4v) is 3.06. The summed E-state index contributed by atoms with van der Waals surface area (Å²) in [7, 11) is 0. The Bertz CT molecular complexity index is 391. The summed E-state index contributed by atoms with van der Waals surface area (Å²) in [4.78, 5) is 2.44. The lowest BCUT2D eigenvalue weighted by atomic mass is 9.99. The molecule has 3 rings (SSSR count). The van der Waals surface area contributed by atoms with Crippen LogP contribution in [0.1, 0.15) is 18.4 Å². The number of halogens is 1. The van der Waals surface area contributed by atoms with Crippen LogP contribution in [0, 0.1) is 0 Å². The summed E-state index contributed by atoms with van der Waals surface area (Å²) < 4.78 is 0. The number of anilines is 1. The second-order valence-corrected chi connectivity index (χ2v) is 4.99. The Morgan fingerprint density at radius 1 is 1.33 bits per heavy atom. The Morgan fingerprint density at radius 2 is 2.20 bits per heavy atom. The van der Waals surface area contributed by atoms with Gasteiger partial charge in [-0.1, -0.05) is 17.7 Å². The molecule has 0 spiro atoms. The van der Waals surface area contributed by atoms with E-state index >= 15 is 0 Å². The van der Waals surface area contributed by atoms with Gasteiger partial charge in [0.2, 0.25) is 0 Å². The van der Waals surface area contributed by atoms with E-state index in [-0.39, 0.29) is 0 Å². The molecule has 0 saturated carbocycles. The second kappa shape index (κ2) is 3.39. The number of hydrogen-bond acceptors (Lipinski definition) is 2. The molecular formula is C12H15ClN2. The molecule has 0 amide bonds. The normalized spacial score (nSPS) is 28.8. The molecule has 2 nitrogen and oxygen atoms in total. The highest BCUT2D eigenvalue weighted by molar-refractivity contribution is 6.31. The summed E-state index contributed by atoms with van der Waals surface area (Å²) >= 11 is 6.21.